The number of hydrogen-bond donors (Lipinski definition) is 3. The first-order chi connectivity index (χ1) is 9.54. The molecule has 2 aromatic rings. The van der Waals surface area contributed by atoms with Crippen LogP contribution in [0.3, 0.4) is 0 Å². The lowest BCUT2D eigenvalue weighted by atomic mass is 10.3. The molecule has 0 saturated carbocycles. The minimum absolute atomic E-state index is 0.127. The van der Waals surface area contributed by atoms with Crippen LogP contribution in [0.2, 0.25) is 0 Å². The number of imidazole rings is 1. The van der Waals surface area contributed by atoms with Crippen molar-refractivity contribution in [2.45, 2.75) is 11.3 Å². The number of para-hydroxylation sites is 1. The van der Waals surface area contributed by atoms with Crippen LogP contribution >= 0.6 is 0 Å². The molecule has 1 aromatic carbocycles. The van der Waals surface area contributed by atoms with E-state index in [1.54, 1.807) is 24.4 Å². The highest BCUT2D eigenvalue weighted by Crippen LogP contribution is 2.19. The largest absolute Gasteiger partial charge is 0.338 e. The molecule has 4 N–H and O–H groups in total. The molecular weight excluding hydrogens is 278 g/mol. The summed E-state index contributed by atoms with van der Waals surface area (Å²) in [5.74, 6) is 6.13. The number of nitrogens with zero attached hydrogens (tertiary/aromatic N) is 2. The maximum absolute atomic E-state index is 12.2. The number of rotatable bonds is 6. The van der Waals surface area contributed by atoms with Gasteiger partial charge in [0, 0.05) is 32.4 Å². The summed E-state index contributed by atoms with van der Waals surface area (Å²) in [4.78, 5) is 4.26. The minimum atomic E-state index is -3.60. The first kappa shape index (κ1) is 14.5. The molecule has 108 valence electrons. The fourth-order valence-electron chi connectivity index (χ4n) is 1.83. The van der Waals surface area contributed by atoms with E-state index in [2.05, 4.69) is 15.1 Å². The molecule has 0 fully saturated rings. The van der Waals surface area contributed by atoms with Crippen LogP contribution in [0.1, 0.15) is 5.82 Å². The zero-order valence-electron chi connectivity index (χ0n) is 11.1. The van der Waals surface area contributed by atoms with Gasteiger partial charge in [0.15, 0.2) is 0 Å². The van der Waals surface area contributed by atoms with E-state index in [4.69, 9.17) is 5.84 Å². The summed E-state index contributed by atoms with van der Waals surface area (Å²) in [7, 11) is -1.73. The molecule has 20 heavy (non-hydrogen) atoms. The molecule has 2 rings (SSSR count). The average molecular weight is 295 g/mol. The lowest BCUT2D eigenvalue weighted by molar-refractivity contribution is 0.580. The van der Waals surface area contributed by atoms with Crippen molar-refractivity contribution in [2.24, 2.45) is 12.9 Å². The lowest BCUT2D eigenvalue weighted by Crippen LogP contribution is -2.27. The van der Waals surface area contributed by atoms with Crippen LogP contribution < -0.4 is 16.0 Å². The number of sulfonamides is 1. The Labute approximate surface area is 117 Å². The second kappa shape index (κ2) is 6.04. The molecule has 1 heterocycles. The number of hydrazine groups is 1. The van der Waals surface area contributed by atoms with Crippen molar-refractivity contribution in [2.75, 3.05) is 12.0 Å². The van der Waals surface area contributed by atoms with E-state index in [-0.39, 0.29) is 11.4 Å². The number of nitrogen functional groups attached to an aromatic ring is 1. The molecule has 0 radical (unpaired) electrons. The van der Waals surface area contributed by atoms with Crippen molar-refractivity contribution in [1.29, 1.82) is 0 Å². The summed E-state index contributed by atoms with van der Waals surface area (Å²) in [6.45, 7) is 0.270. The van der Waals surface area contributed by atoms with E-state index in [1.807, 2.05) is 17.8 Å². The summed E-state index contributed by atoms with van der Waals surface area (Å²) in [5, 5.41) is 0. The van der Waals surface area contributed by atoms with Crippen molar-refractivity contribution < 1.29 is 8.42 Å². The maximum atomic E-state index is 12.2. The molecule has 0 aliphatic carbocycles. The Balaban J connectivity index is 2.06. The van der Waals surface area contributed by atoms with E-state index >= 15 is 0 Å². The third kappa shape index (κ3) is 3.16. The summed E-state index contributed by atoms with van der Waals surface area (Å²) in [6, 6.07) is 6.46. The number of hydrogen-bond acceptors (Lipinski definition) is 5. The Bertz CT molecular complexity index is 681. The van der Waals surface area contributed by atoms with Gasteiger partial charge in [0.2, 0.25) is 10.0 Å². The Morgan fingerprint density at radius 3 is 2.75 bits per heavy atom. The number of aryl methyl sites for hydroxylation is 1. The molecule has 0 aliphatic rings. The predicted octanol–water partition coefficient (Wildman–Crippen LogP) is 0.227. The second-order valence-corrected chi connectivity index (χ2v) is 5.98. The highest BCUT2D eigenvalue weighted by Gasteiger charge is 2.17. The smallest absolute Gasteiger partial charge is 0.242 e. The summed E-state index contributed by atoms with van der Waals surface area (Å²) in [5.41, 5.74) is 2.74. The molecule has 1 aromatic heterocycles. The zero-order valence-corrected chi connectivity index (χ0v) is 11.9. The van der Waals surface area contributed by atoms with Gasteiger partial charge >= 0.3 is 0 Å². The van der Waals surface area contributed by atoms with Gasteiger partial charge in [-0.15, -0.1) is 0 Å². The third-order valence-electron chi connectivity index (χ3n) is 2.89. The van der Waals surface area contributed by atoms with Crippen LogP contribution in [-0.4, -0.2) is 24.5 Å². The van der Waals surface area contributed by atoms with Gasteiger partial charge in [-0.1, -0.05) is 12.1 Å². The quantitative estimate of drug-likeness (QED) is 0.523. The number of aromatic nitrogens is 2. The molecule has 8 heteroatoms. The number of anilines is 1. The Hall–Kier alpha value is -1.90. The van der Waals surface area contributed by atoms with Crippen molar-refractivity contribution in [3.63, 3.8) is 0 Å². The number of nitrogens with one attached hydrogen (secondary N) is 2. The highest BCUT2D eigenvalue weighted by atomic mass is 32.2. The van der Waals surface area contributed by atoms with Gasteiger partial charge in [-0.2, -0.15) is 0 Å². The van der Waals surface area contributed by atoms with Gasteiger partial charge < -0.3 is 9.99 Å². The molecule has 0 spiro atoms. The van der Waals surface area contributed by atoms with Crippen LogP contribution in [0.4, 0.5) is 5.69 Å². The van der Waals surface area contributed by atoms with Gasteiger partial charge in [0.05, 0.1) is 5.69 Å². The average Bonchev–Trinajstić information content (AvgIpc) is 2.84. The molecule has 0 saturated heterocycles. The normalized spacial score (nSPS) is 11.5. The van der Waals surface area contributed by atoms with Crippen LogP contribution in [-0.2, 0) is 23.5 Å². The fourth-order valence-corrected chi connectivity index (χ4v) is 3.03. The standard InChI is InChI=1S/C12H17N5O2S/c1-17-9-8-14-12(17)6-7-15-20(18,19)11-5-3-2-4-10(11)16-13/h2-5,8-9,15-16H,6-7,13H2,1H3. The Kier molecular flexibility index (Phi) is 4.38. The Morgan fingerprint density at radius 2 is 2.10 bits per heavy atom. The first-order valence-corrected chi connectivity index (χ1v) is 7.54. The van der Waals surface area contributed by atoms with Crippen LogP contribution in [0.5, 0.6) is 0 Å². The van der Waals surface area contributed by atoms with Gasteiger partial charge in [-0.25, -0.2) is 18.1 Å². The number of nitrogens with two attached hydrogens (primary N) is 1. The molecule has 0 unspecified atom stereocenters. The van der Waals surface area contributed by atoms with Crippen LogP contribution in [0.25, 0.3) is 0 Å². The molecular formula is C12H17N5O2S. The van der Waals surface area contributed by atoms with Crippen molar-refractivity contribution in [3.8, 4) is 0 Å². The molecule has 0 atom stereocenters. The first-order valence-electron chi connectivity index (χ1n) is 6.06. The van der Waals surface area contributed by atoms with Gasteiger partial charge in [0.25, 0.3) is 0 Å². The minimum Gasteiger partial charge on any atom is -0.338 e. The van der Waals surface area contributed by atoms with Crippen LogP contribution in [0.15, 0.2) is 41.6 Å². The van der Waals surface area contributed by atoms with Gasteiger partial charge in [-0.05, 0) is 12.1 Å². The summed E-state index contributed by atoms with van der Waals surface area (Å²) in [6.07, 6.45) is 4.01. The number of benzene rings is 1. The Morgan fingerprint density at radius 1 is 1.35 bits per heavy atom. The SMILES string of the molecule is Cn1ccnc1CCNS(=O)(=O)c1ccccc1NN. The van der Waals surface area contributed by atoms with E-state index in [9.17, 15) is 8.42 Å². The topological polar surface area (TPSA) is 102 Å². The van der Waals surface area contributed by atoms with E-state index in [0.29, 0.717) is 12.1 Å². The van der Waals surface area contributed by atoms with Crippen LogP contribution in [0, 0.1) is 0 Å². The van der Waals surface area contributed by atoms with E-state index in [1.165, 1.54) is 6.07 Å². The van der Waals surface area contributed by atoms with E-state index in [0.717, 1.165) is 5.82 Å². The van der Waals surface area contributed by atoms with Crippen molar-refractivity contribution >= 4 is 15.7 Å². The maximum Gasteiger partial charge on any atom is 0.242 e. The molecule has 0 amide bonds. The van der Waals surface area contributed by atoms with Gasteiger partial charge in [-0.3, -0.25) is 5.84 Å². The van der Waals surface area contributed by atoms with Crippen molar-refractivity contribution in [3.05, 3.63) is 42.5 Å². The molecule has 0 bridgehead atoms. The van der Waals surface area contributed by atoms with Gasteiger partial charge in [0.1, 0.15) is 10.7 Å². The highest BCUT2D eigenvalue weighted by molar-refractivity contribution is 7.89. The van der Waals surface area contributed by atoms with Crippen molar-refractivity contribution in [1.82, 2.24) is 14.3 Å². The summed E-state index contributed by atoms with van der Waals surface area (Å²) >= 11 is 0. The predicted molar refractivity (Wildman–Crippen MR) is 76.4 cm³/mol. The summed E-state index contributed by atoms with van der Waals surface area (Å²) < 4.78 is 28.8. The zero-order chi connectivity index (χ0) is 14.6. The molecule has 0 aliphatic heterocycles. The third-order valence-corrected chi connectivity index (χ3v) is 4.41. The monoisotopic (exact) mass is 295 g/mol. The fraction of sp³-hybridized carbons (Fsp3) is 0.250. The lowest BCUT2D eigenvalue weighted by Gasteiger charge is -2.10. The molecule has 7 nitrogen and oxygen atoms in total. The van der Waals surface area contributed by atoms with E-state index < -0.39 is 10.0 Å². The second-order valence-electron chi connectivity index (χ2n) is 4.24.